The standard InChI is InChI=1S/C14H12FNO4/c15-12-9-11(16(18)19)5-6-14(12)20-13-4-2-1-3-10(13)7-8-17/h1-6,9,17H,7-8H2. The highest BCUT2D eigenvalue weighted by atomic mass is 19.1. The minimum absolute atomic E-state index is 0.0525. The molecule has 1 N–H and O–H groups in total. The van der Waals surface area contributed by atoms with Gasteiger partial charge in [0.25, 0.3) is 5.69 Å². The summed E-state index contributed by atoms with van der Waals surface area (Å²) in [4.78, 5) is 9.86. The first-order valence-corrected chi connectivity index (χ1v) is 5.92. The molecule has 104 valence electrons. The summed E-state index contributed by atoms with van der Waals surface area (Å²) in [7, 11) is 0. The van der Waals surface area contributed by atoms with E-state index in [2.05, 4.69) is 0 Å². The molecule has 0 unspecified atom stereocenters. The predicted octanol–water partition coefficient (Wildman–Crippen LogP) is 3.06. The number of para-hydroxylation sites is 1. The topological polar surface area (TPSA) is 72.6 Å². The summed E-state index contributed by atoms with van der Waals surface area (Å²) in [6.45, 7) is -0.0525. The summed E-state index contributed by atoms with van der Waals surface area (Å²) in [5, 5.41) is 19.5. The molecule has 20 heavy (non-hydrogen) atoms. The van der Waals surface area contributed by atoms with E-state index in [-0.39, 0.29) is 18.0 Å². The maximum absolute atomic E-state index is 13.7. The van der Waals surface area contributed by atoms with Crippen molar-refractivity contribution in [2.24, 2.45) is 0 Å². The summed E-state index contributed by atoms with van der Waals surface area (Å²) in [6.07, 6.45) is 0.380. The second-order valence-corrected chi connectivity index (χ2v) is 4.06. The fourth-order valence-corrected chi connectivity index (χ4v) is 1.73. The number of nitrogens with zero attached hydrogens (tertiary/aromatic N) is 1. The van der Waals surface area contributed by atoms with Crippen molar-refractivity contribution in [3.05, 3.63) is 64.0 Å². The number of non-ortho nitro benzene ring substituents is 1. The molecule has 2 rings (SSSR count). The third-order valence-electron chi connectivity index (χ3n) is 2.70. The molecule has 0 atom stereocenters. The average Bonchev–Trinajstić information content (AvgIpc) is 2.43. The number of halogens is 1. The third-order valence-corrected chi connectivity index (χ3v) is 2.70. The highest BCUT2D eigenvalue weighted by molar-refractivity contribution is 5.42. The first kappa shape index (κ1) is 14.0. The number of aliphatic hydroxyl groups is 1. The molecule has 0 saturated carbocycles. The SMILES string of the molecule is O=[N+]([O-])c1ccc(Oc2ccccc2CCO)c(F)c1. The largest absolute Gasteiger partial charge is 0.454 e. The van der Waals surface area contributed by atoms with Gasteiger partial charge in [0.2, 0.25) is 0 Å². The zero-order valence-electron chi connectivity index (χ0n) is 10.5. The van der Waals surface area contributed by atoms with E-state index in [0.29, 0.717) is 12.2 Å². The van der Waals surface area contributed by atoms with Crippen molar-refractivity contribution in [1.82, 2.24) is 0 Å². The molecule has 2 aromatic rings. The molecule has 0 aromatic heterocycles. The summed E-state index contributed by atoms with van der Waals surface area (Å²) < 4.78 is 19.2. The van der Waals surface area contributed by atoms with Crippen LogP contribution in [-0.4, -0.2) is 16.6 Å². The van der Waals surface area contributed by atoms with E-state index in [9.17, 15) is 14.5 Å². The van der Waals surface area contributed by atoms with Crippen molar-refractivity contribution in [2.45, 2.75) is 6.42 Å². The molecule has 0 saturated heterocycles. The van der Waals surface area contributed by atoms with Crippen molar-refractivity contribution in [3.8, 4) is 11.5 Å². The van der Waals surface area contributed by atoms with Gasteiger partial charge in [0.05, 0.1) is 11.0 Å². The van der Waals surface area contributed by atoms with E-state index in [1.54, 1.807) is 24.3 Å². The Hall–Kier alpha value is -2.47. The lowest BCUT2D eigenvalue weighted by atomic mass is 10.1. The Morgan fingerprint density at radius 1 is 1.20 bits per heavy atom. The first-order chi connectivity index (χ1) is 9.61. The van der Waals surface area contributed by atoms with Crippen molar-refractivity contribution in [3.63, 3.8) is 0 Å². The Bertz CT molecular complexity index is 630. The van der Waals surface area contributed by atoms with Crippen LogP contribution in [0.3, 0.4) is 0 Å². The van der Waals surface area contributed by atoms with Gasteiger partial charge in [-0.15, -0.1) is 0 Å². The molecule has 0 bridgehead atoms. The van der Waals surface area contributed by atoms with E-state index in [1.165, 1.54) is 12.1 Å². The van der Waals surface area contributed by atoms with E-state index >= 15 is 0 Å². The van der Waals surface area contributed by atoms with Crippen LogP contribution >= 0.6 is 0 Å². The van der Waals surface area contributed by atoms with E-state index in [0.717, 1.165) is 11.6 Å². The summed E-state index contributed by atoms with van der Waals surface area (Å²) >= 11 is 0. The van der Waals surface area contributed by atoms with Crippen LogP contribution in [0, 0.1) is 15.9 Å². The lowest BCUT2D eigenvalue weighted by Gasteiger charge is -2.10. The molecule has 6 heteroatoms. The van der Waals surface area contributed by atoms with Gasteiger partial charge in [-0.05, 0) is 24.1 Å². The molecule has 0 radical (unpaired) electrons. The molecule has 0 aliphatic carbocycles. The average molecular weight is 277 g/mol. The van der Waals surface area contributed by atoms with Crippen molar-refractivity contribution in [1.29, 1.82) is 0 Å². The lowest BCUT2D eigenvalue weighted by molar-refractivity contribution is -0.385. The molecule has 0 aliphatic heterocycles. The van der Waals surface area contributed by atoms with Crippen molar-refractivity contribution >= 4 is 5.69 Å². The minimum Gasteiger partial charge on any atom is -0.454 e. The molecule has 0 spiro atoms. The predicted molar refractivity (Wildman–Crippen MR) is 70.4 cm³/mol. The van der Waals surface area contributed by atoms with Crippen LogP contribution in [0.2, 0.25) is 0 Å². The maximum Gasteiger partial charge on any atom is 0.272 e. The van der Waals surface area contributed by atoms with E-state index < -0.39 is 10.7 Å². The number of hydrogen-bond acceptors (Lipinski definition) is 4. The molecule has 0 heterocycles. The Balaban J connectivity index is 2.28. The third kappa shape index (κ3) is 3.10. The van der Waals surface area contributed by atoms with Gasteiger partial charge in [-0.2, -0.15) is 0 Å². The summed E-state index contributed by atoms with van der Waals surface area (Å²) in [5.41, 5.74) is 0.395. The molecular formula is C14H12FNO4. The summed E-state index contributed by atoms with van der Waals surface area (Å²) in [6, 6.07) is 10.1. The zero-order chi connectivity index (χ0) is 14.5. The number of nitro benzene ring substituents is 1. The highest BCUT2D eigenvalue weighted by Gasteiger charge is 2.13. The first-order valence-electron chi connectivity index (χ1n) is 5.92. The van der Waals surface area contributed by atoms with Gasteiger partial charge in [-0.3, -0.25) is 10.1 Å². The lowest BCUT2D eigenvalue weighted by Crippen LogP contribution is -1.97. The second-order valence-electron chi connectivity index (χ2n) is 4.06. The molecule has 0 fully saturated rings. The van der Waals surface area contributed by atoms with Crippen LogP contribution in [-0.2, 0) is 6.42 Å². The minimum atomic E-state index is -0.807. The molecule has 0 amide bonds. The molecule has 2 aromatic carbocycles. The Labute approximate surface area is 114 Å². The van der Waals surface area contributed by atoms with Gasteiger partial charge in [0.15, 0.2) is 11.6 Å². The van der Waals surface area contributed by atoms with Crippen LogP contribution in [0.5, 0.6) is 11.5 Å². The van der Waals surface area contributed by atoms with Crippen LogP contribution < -0.4 is 4.74 Å². The zero-order valence-corrected chi connectivity index (χ0v) is 10.5. The number of rotatable bonds is 5. The highest BCUT2D eigenvalue weighted by Crippen LogP contribution is 2.29. The summed E-state index contributed by atoms with van der Waals surface area (Å²) in [5.74, 6) is -0.492. The number of benzene rings is 2. The van der Waals surface area contributed by atoms with Gasteiger partial charge in [0, 0.05) is 12.7 Å². The molecule has 5 nitrogen and oxygen atoms in total. The second kappa shape index (κ2) is 6.12. The Kier molecular flexibility index (Phi) is 4.27. The number of aliphatic hydroxyl groups excluding tert-OH is 1. The monoisotopic (exact) mass is 277 g/mol. The van der Waals surface area contributed by atoms with E-state index in [4.69, 9.17) is 9.84 Å². The van der Waals surface area contributed by atoms with Gasteiger partial charge in [0.1, 0.15) is 5.75 Å². The number of hydrogen-bond donors (Lipinski definition) is 1. The quantitative estimate of drug-likeness (QED) is 0.673. The Morgan fingerprint density at radius 2 is 1.95 bits per heavy atom. The molecule has 0 aliphatic rings. The number of nitro groups is 1. The molecular weight excluding hydrogens is 265 g/mol. The van der Waals surface area contributed by atoms with Gasteiger partial charge < -0.3 is 9.84 Å². The fourth-order valence-electron chi connectivity index (χ4n) is 1.73. The van der Waals surface area contributed by atoms with Crippen LogP contribution in [0.4, 0.5) is 10.1 Å². The van der Waals surface area contributed by atoms with Crippen molar-refractivity contribution in [2.75, 3.05) is 6.61 Å². The van der Waals surface area contributed by atoms with Crippen LogP contribution in [0.1, 0.15) is 5.56 Å². The van der Waals surface area contributed by atoms with Crippen LogP contribution in [0.15, 0.2) is 42.5 Å². The van der Waals surface area contributed by atoms with E-state index in [1.807, 2.05) is 0 Å². The van der Waals surface area contributed by atoms with Crippen molar-refractivity contribution < 1.29 is 19.2 Å². The normalized spacial score (nSPS) is 10.3. The van der Waals surface area contributed by atoms with Gasteiger partial charge >= 0.3 is 0 Å². The fraction of sp³-hybridized carbons (Fsp3) is 0.143. The number of ether oxygens (including phenoxy) is 1. The van der Waals surface area contributed by atoms with Gasteiger partial charge in [-0.1, -0.05) is 18.2 Å². The Morgan fingerprint density at radius 3 is 2.60 bits per heavy atom. The van der Waals surface area contributed by atoms with Gasteiger partial charge in [-0.25, -0.2) is 4.39 Å². The smallest absolute Gasteiger partial charge is 0.272 e. The maximum atomic E-state index is 13.7. The van der Waals surface area contributed by atoms with Crippen LogP contribution in [0.25, 0.3) is 0 Å².